The number of benzene rings is 2. The highest BCUT2D eigenvalue weighted by molar-refractivity contribution is 6.05. The van der Waals surface area contributed by atoms with E-state index in [4.69, 9.17) is 4.74 Å². The Morgan fingerprint density at radius 2 is 1.78 bits per heavy atom. The number of carbonyl (C=O) groups is 1. The van der Waals surface area contributed by atoms with Gasteiger partial charge in [-0.3, -0.25) is 4.79 Å². The number of aryl methyl sites for hydroxylation is 2. The molecule has 1 heterocycles. The van der Waals surface area contributed by atoms with Crippen LogP contribution in [-0.2, 0) is 6.42 Å². The average Bonchev–Trinajstić information content (AvgIpc) is 2.79. The summed E-state index contributed by atoms with van der Waals surface area (Å²) in [5, 5.41) is 6.32. The molecule has 3 rings (SSSR count). The number of carbonyl (C=O) groups excluding carboxylic acids is 1. The number of nitrogens with one attached hydrogen (secondary N) is 2. The predicted octanol–water partition coefficient (Wildman–Crippen LogP) is 6.30. The summed E-state index contributed by atoms with van der Waals surface area (Å²) in [6.07, 6.45) is 7.02. The second kappa shape index (κ2) is 11.8. The molecule has 0 atom stereocenters. The molecule has 3 aromatic rings. The molecule has 2 aromatic carbocycles. The lowest BCUT2D eigenvalue weighted by Gasteiger charge is -2.14. The van der Waals surface area contributed by atoms with Crippen LogP contribution in [0.4, 0.5) is 17.2 Å². The molecule has 0 spiro atoms. The monoisotopic (exact) mass is 432 g/mol. The van der Waals surface area contributed by atoms with Crippen LogP contribution in [0, 0.1) is 6.92 Å². The summed E-state index contributed by atoms with van der Waals surface area (Å²) >= 11 is 0. The molecule has 0 unspecified atom stereocenters. The Bertz CT molecular complexity index is 1020. The third-order valence-electron chi connectivity index (χ3n) is 5.20. The fourth-order valence-corrected chi connectivity index (χ4v) is 3.37. The molecule has 0 aliphatic rings. The van der Waals surface area contributed by atoms with Crippen LogP contribution in [0.1, 0.15) is 61.1 Å². The lowest BCUT2D eigenvalue weighted by molar-refractivity contribution is 0.102. The molecule has 0 saturated heterocycles. The number of rotatable bonds is 11. The Labute approximate surface area is 190 Å². The molecular formula is C26H32N4O2. The quantitative estimate of drug-likeness (QED) is 0.348. The van der Waals surface area contributed by atoms with Gasteiger partial charge in [0.05, 0.1) is 6.61 Å². The highest BCUT2D eigenvalue weighted by atomic mass is 16.5. The van der Waals surface area contributed by atoms with Crippen LogP contribution < -0.4 is 15.4 Å². The summed E-state index contributed by atoms with van der Waals surface area (Å²) in [7, 11) is 0. The maximum Gasteiger partial charge on any atom is 0.255 e. The summed E-state index contributed by atoms with van der Waals surface area (Å²) in [6.45, 7) is 6.89. The summed E-state index contributed by atoms with van der Waals surface area (Å²) < 4.78 is 5.77. The van der Waals surface area contributed by atoms with Crippen LogP contribution in [0.2, 0.25) is 0 Å². The molecule has 168 valence electrons. The fourth-order valence-electron chi connectivity index (χ4n) is 3.37. The van der Waals surface area contributed by atoms with Gasteiger partial charge in [0.1, 0.15) is 17.9 Å². The first-order chi connectivity index (χ1) is 15.6. The molecule has 0 radical (unpaired) electrons. The Kier molecular flexibility index (Phi) is 8.61. The van der Waals surface area contributed by atoms with E-state index in [-0.39, 0.29) is 5.91 Å². The highest BCUT2D eigenvalue weighted by Crippen LogP contribution is 2.25. The maximum absolute atomic E-state index is 12.8. The van der Waals surface area contributed by atoms with E-state index >= 15 is 0 Å². The Morgan fingerprint density at radius 3 is 2.50 bits per heavy atom. The van der Waals surface area contributed by atoms with Gasteiger partial charge in [0, 0.05) is 28.7 Å². The van der Waals surface area contributed by atoms with Crippen LogP contribution in [-0.4, -0.2) is 22.5 Å². The van der Waals surface area contributed by atoms with Crippen molar-refractivity contribution in [2.45, 2.75) is 52.9 Å². The smallest absolute Gasteiger partial charge is 0.255 e. The number of unbranched alkanes of at least 4 members (excludes halogenated alkanes) is 3. The van der Waals surface area contributed by atoms with E-state index in [1.807, 2.05) is 43.3 Å². The van der Waals surface area contributed by atoms with Crippen LogP contribution in [0.5, 0.6) is 5.75 Å². The molecule has 2 N–H and O–H groups in total. The topological polar surface area (TPSA) is 76.1 Å². The van der Waals surface area contributed by atoms with Gasteiger partial charge in [0.25, 0.3) is 5.91 Å². The van der Waals surface area contributed by atoms with Crippen LogP contribution >= 0.6 is 0 Å². The number of aromatic nitrogens is 2. The van der Waals surface area contributed by atoms with Crippen LogP contribution in [0.15, 0.2) is 54.9 Å². The number of ether oxygens (including phenoxy) is 1. The van der Waals surface area contributed by atoms with Crippen molar-refractivity contribution in [3.8, 4) is 5.75 Å². The van der Waals surface area contributed by atoms with E-state index in [1.54, 1.807) is 12.1 Å². The van der Waals surface area contributed by atoms with Gasteiger partial charge in [-0.15, -0.1) is 0 Å². The van der Waals surface area contributed by atoms with E-state index in [1.165, 1.54) is 25.6 Å². The lowest BCUT2D eigenvalue weighted by atomic mass is 10.1. The second-order valence-corrected chi connectivity index (χ2v) is 7.78. The fraction of sp³-hybridized carbons (Fsp3) is 0.346. The maximum atomic E-state index is 12.8. The molecule has 0 aliphatic heterocycles. The van der Waals surface area contributed by atoms with Gasteiger partial charge in [-0.25, -0.2) is 9.97 Å². The van der Waals surface area contributed by atoms with Crippen molar-refractivity contribution in [2.24, 2.45) is 0 Å². The molecule has 1 amide bonds. The van der Waals surface area contributed by atoms with E-state index in [9.17, 15) is 4.79 Å². The van der Waals surface area contributed by atoms with E-state index in [0.29, 0.717) is 18.0 Å². The zero-order valence-electron chi connectivity index (χ0n) is 19.1. The minimum Gasteiger partial charge on any atom is -0.494 e. The second-order valence-electron chi connectivity index (χ2n) is 7.78. The highest BCUT2D eigenvalue weighted by Gasteiger charge is 2.10. The molecule has 0 aliphatic carbocycles. The zero-order chi connectivity index (χ0) is 22.8. The largest absolute Gasteiger partial charge is 0.494 e. The van der Waals surface area contributed by atoms with Crippen molar-refractivity contribution in [2.75, 3.05) is 17.2 Å². The molecular weight excluding hydrogens is 400 g/mol. The molecule has 0 fully saturated rings. The predicted molar refractivity (Wildman–Crippen MR) is 130 cm³/mol. The van der Waals surface area contributed by atoms with Gasteiger partial charge >= 0.3 is 0 Å². The Morgan fingerprint density at radius 1 is 0.969 bits per heavy atom. The standard InChI is InChI=1S/C26H32N4O2/c1-4-6-7-8-15-32-23-13-10-21(11-14-23)26(31)30-24-17-22(12-9-20(24)5-2)29-25-16-19(3)27-18-28-25/h9-14,16-18H,4-8,15H2,1-3H3,(H,30,31)(H,27,28,29). The zero-order valence-corrected chi connectivity index (χ0v) is 19.1. The van der Waals surface area contributed by atoms with E-state index < -0.39 is 0 Å². The number of hydrogen-bond acceptors (Lipinski definition) is 5. The normalized spacial score (nSPS) is 10.6. The average molecular weight is 433 g/mol. The van der Waals surface area contributed by atoms with Crippen molar-refractivity contribution in [3.05, 3.63) is 71.7 Å². The van der Waals surface area contributed by atoms with E-state index in [0.717, 1.165) is 41.2 Å². The van der Waals surface area contributed by atoms with Gasteiger partial charge in [-0.2, -0.15) is 0 Å². The van der Waals surface area contributed by atoms with Crippen molar-refractivity contribution < 1.29 is 9.53 Å². The lowest BCUT2D eigenvalue weighted by Crippen LogP contribution is -2.13. The van der Waals surface area contributed by atoms with Crippen molar-refractivity contribution in [1.29, 1.82) is 0 Å². The van der Waals surface area contributed by atoms with Crippen molar-refractivity contribution in [3.63, 3.8) is 0 Å². The van der Waals surface area contributed by atoms with Gasteiger partial charge in [0.2, 0.25) is 0 Å². The molecule has 6 heteroatoms. The third kappa shape index (κ3) is 6.80. The summed E-state index contributed by atoms with van der Waals surface area (Å²) in [4.78, 5) is 21.2. The molecule has 0 bridgehead atoms. The molecule has 6 nitrogen and oxygen atoms in total. The number of amides is 1. The van der Waals surface area contributed by atoms with E-state index in [2.05, 4.69) is 34.4 Å². The van der Waals surface area contributed by atoms with Gasteiger partial charge in [-0.1, -0.05) is 39.2 Å². The molecule has 32 heavy (non-hydrogen) atoms. The van der Waals surface area contributed by atoms with Gasteiger partial charge in [0.15, 0.2) is 0 Å². The summed E-state index contributed by atoms with van der Waals surface area (Å²) in [5.74, 6) is 1.35. The summed E-state index contributed by atoms with van der Waals surface area (Å²) in [6, 6.07) is 15.1. The minimum absolute atomic E-state index is 0.149. The Balaban J connectivity index is 1.64. The SMILES string of the molecule is CCCCCCOc1ccc(C(=O)Nc2cc(Nc3cc(C)ncn3)ccc2CC)cc1. The Hall–Kier alpha value is -3.41. The van der Waals surface area contributed by atoms with Gasteiger partial charge in [-0.05, 0) is 61.7 Å². The van der Waals surface area contributed by atoms with Gasteiger partial charge < -0.3 is 15.4 Å². The number of nitrogens with zero attached hydrogens (tertiary/aromatic N) is 2. The first kappa shape index (κ1) is 23.3. The number of anilines is 3. The first-order valence-corrected chi connectivity index (χ1v) is 11.3. The molecule has 1 aromatic heterocycles. The third-order valence-corrected chi connectivity index (χ3v) is 5.20. The first-order valence-electron chi connectivity index (χ1n) is 11.3. The number of hydrogen-bond donors (Lipinski definition) is 2. The van der Waals surface area contributed by atoms with Crippen LogP contribution in [0.3, 0.4) is 0 Å². The molecule has 0 saturated carbocycles. The van der Waals surface area contributed by atoms with Crippen molar-refractivity contribution in [1.82, 2.24) is 9.97 Å². The van der Waals surface area contributed by atoms with Crippen molar-refractivity contribution >= 4 is 23.1 Å². The van der Waals surface area contributed by atoms with Crippen LogP contribution in [0.25, 0.3) is 0 Å². The summed E-state index contributed by atoms with van der Waals surface area (Å²) in [5.41, 5.74) is 4.17. The minimum atomic E-state index is -0.149.